The van der Waals surface area contributed by atoms with Crippen LogP contribution in [0.15, 0.2) is 47.4 Å². The van der Waals surface area contributed by atoms with Gasteiger partial charge in [-0.15, -0.1) is 0 Å². The predicted octanol–water partition coefficient (Wildman–Crippen LogP) is 3.27. The van der Waals surface area contributed by atoms with Crippen LogP contribution >= 0.6 is 0 Å². The lowest BCUT2D eigenvalue weighted by Crippen LogP contribution is -2.36. The van der Waals surface area contributed by atoms with Gasteiger partial charge in [0.1, 0.15) is 17.2 Å². The van der Waals surface area contributed by atoms with Crippen LogP contribution in [0.3, 0.4) is 0 Å². The van der Waals surface area contributed by atoms with Gasteiger partial charge in [0, 0.05) is 31.4 Å². The zero-order valence-corrected chi connectivity index (χ0v) is 16.4. The molecule has 2 aromatic rings. The van der Waals surface area contributed by atoms with Gasteiger partial charge in [0.25, 0.3) is 11.5 Å². The molecule has 1 aromatic carbocycles. The molecule has 28 heavy (non-hydrogen) atoms. The van der Waals surface area contributed by atoms with Crippen LogP contribution < -0.4 is 15.0 Å². The van der Waals surface area contributed by atoms with Gasteiger partial charge in [-0.3, -0.25) is 14.2 Å². The number of carbonyl (C=O) groups is 1. The Kier molecular flexibility index (Phi) is 6.53. The number of methoxy groups -OCH3 is 2. The summed E-state index contributed by atoms with van der Waals surface area (Å²) in [5.41, 5.74) is 0.805. The van der Waals surface area contributed by atoms with Crippen molar-refractivity contribution in [3.63, 3.8) is 0 Å². The molecular formula is C22H26N2O4. The molecule has 3 rings (SSSR count). The molecule has 1 aliphatic heterocycles. The van der Waals surface area contributed by atoms with Gasteiger partial charge < -0.3 is 14.4 Å². The lowest BCUT2D eigenvalue weighted by molar-refractivity contribution is -0.125. The summed E-state index contributed by atoms with van der Waals surface area (Å²) < 4.78 is 12.1. The van der Waals surface area contributed by atoms with Gasteiger partial charge >= 0.3 is 0 Å². The summed E-state index contributed by atoms with van der Waals surface area (Å²) in [6, 6.07) is 10.3. The largest absolute Gasteiger partial charge is 0.497 e. The van der Waals surface area contributed by atoms with Crippen molar-refractivity contribution < 1.29 is 14.3 Å². The van der Waals surface area contributed by atoms with Gasteiger partial charge in [0.05, 0.1) is 14.2 Å². The molecule has 1 fully saturated rings. The second-order valence-electron chi connectivity index (χ2n) is 6.79. The molecule has 1 saturated heterocycles. The van der Waals surface area contributed by atoms with Gasteiger partial charge in [-0.05, 0) is 42.7 Å². The molecule has 1 amide bonds. The van der Waals surface area contributed by atoms with Gasteiger partial charge in [-0.1, -0.05) is 18.9 Å². The first-order valence-corrected chi connectivity index (χ1v) is 9.54. The van der Waals surface area contributed by atoms with Crippen LogP contribution in [-0.2, 0) is 4.79 Å². The molecule has 0 radical (unpaired) electrons. The number of rotatable bonds is 5. The summed E-state index contributed by atoms with van der Waals surface area (Å²) in [6.45, 7) is 1.42. The van der Waals surface area contributed by atoms with E-state index in [0.717, 1.165) is 31.2 Å². The van der Waals surface area contributed by atoms with E-state index in [1.807, 2.05) is 17.0 Å². The third kappa shape index (κ3) is 4.63. The minimum absolute atomic E-state index is 0.142. The van der Waals surface area contributed by atoms with Crippen molar-refractivity contribution >= 4 is 17.7 Å². The number of carbonyl (C=O) groups excluding carboxylic acids is 1. The number of ether oxygens (including phenoxy) is 2. The number of aromatic nitrogens is 1. The topological polar surface area (TPSA) is 60.8 Å². The Bertz CT molecular complexity index is 886. The van der Waals surface area contributed by atoms with E-state index in [1.54, 1.807) is 44.7 Å². The summed E-state index contributed by atoms with van der Waals surface area (Å²) in [5.74, 6) is 1.09. The zero-order chi connectivity index (χ0) is 19.9. The monoisotopic (exact) mass is 382 g/mol. The van der Waals surface area contributed by atoms with Crippen LogP contribution in [-0.4, -0.2) is 42.7 Å². The Morgan fingerprint density at radius 2 is 1.61 bits per heavy atom. The summed E-state index contributed by atoms with van der Waals surface area (Å²) >= 11 is 0. The zero-order valence-electron chi connectivity index (χ0n) is 16.4. The first-order valence-electron chi connectivity index (χ1n) is 9.54. The maximum atomic E-state index is 13.4. The second kappa shape index (κ2) is 9.26. The molecule has 1 aromatic heterocycles. The number of amides is 1. The van der Waals surface area contributed by atoms with Gasteiger partial charge in [0.15, 0.2) is 0 Å². The average molecular weight is 382 g/mol. The molecule has 0 N–H and O–H groups in total. The molecule has 0 bridgehead atoms. The molecule has 0 spiro atoms. The third-order valence-corrected chi connectivity index (χ3v) is 4.87. The lowest BCUT2D eigenvalue weighted by atomic mass is 10.1. The summed E-state index contributed by atoms with van der Waals surface area (Å²) in [6.07, 6.45) is 7.56. The Balaban J connectivity index is 2.08. The van der Waals surface area contributed by atoms with Crippen molar-refractivity contribution in [2.24, 2.45) is 0 Å². The van der Waals surface area contributed by atoms with Crippen LogP contribution in [0.25, 0.3) is 11.8 Å². The number of hydrogen-bond acceptors (Lipinski definition) is 4. The van der Waals surface area contributed by atoms with E-state index >= 15 is 0 Å². The lowest BCUT2D eigenvalue weighted by Gasteiger charge is -2.22. The maximum Gasteiger partial charge on any atom is 0.270 e. The fourth-order valence-electron chi connectivity index (χ4n) is 3.37. The minimum Gasteiger partial charge on any atom is -0.497 e. The average Bonchev–Trinajstić information content (AvgIpc) is 3.01. The van der Waals surface area contributed by atoms with E-state index in [0.29, 0.717) is 30.3 Å². The van der Waals surface area contributed by atoms with E-state index < -0.39 is 0 Å². The molecule has 148 valence electrons. The van der Waals surface area contributed by atoms with Crippen molar-refractivity contribution in [3.05, 3.63) is 58.5 Å². The van der Waals surface area contributed by atoms with Gasteiger partial charge in [-0.25, -0.2) is 0 Å². The third-order valence-electron chi connectivity index (χ3n) is 4.87. The Morgan fingerprint density at radius 3 is 2.18 bits per heavy atom. The van der Waals surface area contributed by atoms with Crippen molar-refractivity contribution in [3.8, 4) is 11.5 Å². The van der Waals surface area contributed by atoms with E-state index in [4.69, 9.17) is 9.47 Å². The van der Waals surface area contributed by atoms with Crippen LogP contribution in [0.2, 0.25) is 0 Å². The Hall–Kier alpha value is -3.02. The second-order valence-corrected chi connectivity index (χ2v) is 6.79. The van der Waals surface area contributed by atoms with E-state index in [9.17, 15) is 9.59 Å². The number of nitrogens with zero attached hydrogens (tertiary/aromatic N) is 2. The highest BCUT2D eigenvalue weighted by atomic mass is 16.5. The molecule has 1 aliphatic rings. The smallest absolute Gasteiger partial charge is 0.270 e. The molecular weight excluding hydrogens is 356 g/mol. The number of pyridine rings is 1. The molecule has 6 heteroatoms. The fraction of sp³-hybridized carbons (Fsp3) is 0.364. The first-order chi connectivity index (χ1) is 13.6. The highest BCUT2D eigenvalue weighted by molar-refractivity contribution is 6.18. The maximum absolute atomic E-state index is 13.4. The number of benzene rings is 1. The van der Waals surface area contributed by atoms with Gasteiger partial charge in [-0.2, -0.15) is 0 Å². The van der Waals surface area contributed by atoms with Crippen LogP contribution in [0.4, 0.5) is 0 Å². The van der Waals surface area contributed by atoms with E-state index in [1.165, 1.54) is 10.6 Å². The standard InChI is InChI=1S/C22H26N2O4/c1-27-18-13-17(14-19(16-18)28-2)15-20(24-12-8-5-9-21(24)25)22(26)23-10-6-3-4-7-11-23/h5,8-9,12-16H,3-4,6-7,10-11H2,1-2H3. The van der Waals surface area contributed by atoms with Gasteiger partial charge in [0.2, 0.25) is 0 Å². The van der Waals surface area contributed by atoms with Crippen LogP contribution in [0.5, 0.6) is 11.5 Å². The Labute approximate surface area is 165 Å². The normalized spacial score (nSPS) is 15.1. The predicted molar refractivity (Wildman–Crippen MR) is 109 cm³/mol. The first kappa shape index (κ1) is 19.7. The van der Waals surface area contributed by atoms with Crippen molar-refractivity contribution in [1.29, 1.82) is 0 Å². The molecule has 6 nitrogen and oxygen atoms in total. The minimum atomic E-state index is -0.244. The molecule has 0 atom stereocenters. The van der Waals surface area contributed by atoms with E-state index in [-0.39, 0.29) is 11.5 Å². The Morgan fingerprint density at radius 1 is 0.964 bits per heavy atom. The fourth-order valence-corrected chi connectivity index (χ4v) is 3.37. The quantitative estimate of drug-likeness (QED) is 0.745. The SMILES string of the molecule is COc1cc(C=C(C(=O)N2CCCCCC2)n2ccccc2=O)cc(OC)c1. The van der Waals surface area contributed by atoms with Crippen molar-refractivity contribution in [1.82, 2.24) is 9.47 Å². The highest BCUT2D eigenvalue weighted by Crippen LogP contribution is 2.25. The van der Waals surface area contributed by atoms with Crippen LogP contribution in [0.1, 0.15) is 31.2 Å². The molecule has 2 heterocycles. The van der Waals surface area contributed by atoms with Crippen LogP contribution in [0, 0.1) is 0 Å². The number of hydrogen-bond donors (Lipinski definition) is 0. The number of likely N-dealkylation sites (tertiary alicyclic amines) is 1. The molecule has 0 unspecified atom stereocenters. The van der Waals surface area contributed by atoms with Crippen molar-refractivity contribution in [2.75, 3.05) is 27.3 Å². The summed E-state index contributed by atoms with van der Waals surface area (Å²) in [4.78, 5) is 27.6. The molecule has 0 saturated carbocycles. The molecule has 0 aliphatic carbocycles. The van der Waals surface area contributed by atoms with E-state index in [2.05, 4.69) is 0 Å². The summed E-state index contributed by atoms with van der Waals surface area (Å²) in [7, 11) is 3.15. The highest BCUT2D eigenvalue weighted by Gasteiger charge is 2.21. The van der Waals surface area contributed by atoms with Crippen molar-refractivity contribution in [2.45, 2.75) is 25.7 Å². The summed E-state index contributed by atoms with van der Waals surface area (Å²) in [5, 5.41) is 0.